The molecule has 0 saturated carbocycles. The lowest BCUT2D eigenvalue weighted by Gasteiger charge is -2.34. The quantitative estimate of drug-likeness (QED) is 0.687. The fourth-order valence-electron chi connectivity index (χ4n) is 4.35. The van der Waals surface area contributed by atoms with Crippen LogP contribution in [-0.4, -0.2) is 71.1 Å². The van der Waals surface area contributed by atoms with E-state index in [1.807, 2.05) is 23.1 Å². The van der Waals surface area contributed by atoms with Crippen molar-refractivity contribution in [3.05, 3.63) is 71.7 Å². The summed E-state index contributed by atoms with van der Waals surface area (Å²) in [6, 6.07) is 15.7. The van der Waals surface area contributed by atoms with Crippen LogP contribution >= 0.6 is 0 Å². The number of halogens is 1. The van der Waals surface area contributed by atoms with Crippen LogP contribution in [0.25, 0.3) is 11.3 Å². The third-order valence-electron chi connectivity index (χ3n) is 6.15. The van der Waals surface area contributed by atoms with Crippen molar-refractivity contribution in [1.29, 1.82) is 0 Å². The van der Waals surface area contributed by atoms with E-state index in [4.69, 9.17) is 0 Å². The van der Waals surface area contributed by atoms with Crippen LogP contribution in [0.3, 0.4) is 0 Å². The van der Waals surface area contributed by atoms with E-state index in [-0.39, 0.29) is 17.6 Å². The molecule has 164 valence electrons. The first-order valence-electron chi connectivity index (χ1n) is 10.8. The standard InChI is InChI=1S/C24H24FN5O2/c25-19-7-5-17(6-8-19)20-15-21(27-26-20)24(32)29-13-11-28(12-14-29)16-23(31)30-10-9-18-3-1-2-4-22(18)30/h1-8,15H,9-14,16H2,(H,26,27). The summed E-state index contributed by atoms with van der Waals surface area (Å²) in [5, 5.41) is 6.99. The molecule has 3 heterocycles. The first-order chi connectivity index (χ1) is 15.6. The number of amides is 2. The van der Waals surface area contributed by atoms with E-state index in [1.165, 1.54) is 17.7 Å². The van der Waals surface area contributed by atoms with Gasteiger partial charge in [-0.1, -0.05) is 18.2 Å². The Morgan fingerprint density at radius 3 is 2.50 bits per heavy atom. The first-order valence-corrected chi connectivity index (χ1v) is 10.8. The minimum atomic E-state index is -0.314. The van der Waals surface area contributed by atoms with Gasteiger partial charge in [0.15, 0.2) is 0 Å². The molecule has 1 fully saturated rings. The van der Waals surface area contributed by atoms with Crippen molar-refractivity contribution in [3.8, 4) is 11.3 Å². The Bertz CT molecular complexity index is 1140. The second kappa shape index (κ2) is 8.55. The number of anilines is 1. The molecule has 2 amide bonds. The number of rotatable bonds is 4. The van der Waals surface area contributed by atoms with Crippen LogP contribution in [0.15, 0.2) is 54.6 Å². The Kier molecular flexibility index (Phi) is 5.45. The lowest BCUT2D eigenvalue weighted by atomic mass is 10.1. The van der Waals surface area contributed by atoms with Crippen molar-refractivity contribution in [2.45, 2.75) is 6.42 Å². The average molecular weight is 433 g/mol. The zero-order valence-corrected chi connectivity index (χ0v) is 17.6. The summed E-state index contributed by atoms with van der Waals surface area (Å²) >= 11 is 0. The lowest BCUT2D eigenvalue weighted by molar-refractivity contribution is -0.120. The summed E-state index contributed by atoms with van der Waals surface area (Å²) < 4.78 is 13.1. The Hall–Kier alpha value is -3.52. The molecule has 8 heteroatoms. The summed E-state index contributed by atoms with van der Waals surface area (Å²) in [4.78, 5) is 31.5. The molecular formula is C24H24FN5O2. The number of nitrogens with one attached hydrogen (secondary N) is 1. The summed E-state index contributed by atoms with van der Waals surface area (Å²) in [5.74, 6) is -0.330. The maximum Gasteiger partial charge on any atom is 0.271 e. The minimum absolute atomic E-state index is 0.104. The number of hydrogen-bond donors (Lipinski definition) is 1. The number of aromatic amines is 1. The fraction of sp³-hybridized carbons (Fsp3) is 0.292. The Labute approximate surface area is 185 Å². The third kappa shape index (κ3) is 4.01. The number of carbonyl (C=O) groups is 2. The van der Waals surface area contributed by atoms with E-state index in [9.17, 15) is 14.0 Å². The minimum Gasteiger partial charge on any atom is -0.335 e. The van der Waals surface area contributed by atoms with E-state index < -0.39 is 0 Å². The fourth-order valence-corrected chi connectivity index (χ4v) is 4.35. The van der Waals surface area contributed by atoms with Crippen LogP contribution < -0.4 is 4.90 Å². The Morgan fingerprint density at radius 1 is 0.969 bits per heavy atom. The smallest absolute Gasteiger partial charge is 0.271 e. The molecule has 0 atom stereocenters. The molecule has 2 aliphatic heterocycles. The number of H-pyrrole nitrogens is 1. The van der Waals surface area contributed by atoms with E-state index in [2.05, 4.69) is 21.2 Å². The zero-order chi connectivity index (χ0) is 22.1. The van der Waals surface area contributed by atoms with Crippen molar-refractivity contribution >= 4 is 17.5 Å². The highest BCUT2D eigenvalue weighted by molar-refractivity contribution is 5.97. The number of nitrogens with zero attached hydrogens (tertiary/aromatic N) is 4. The van der Waals surface area contributed by atoms with Crippen LogP contribution in [-0.2, 0) is 11.2 Å². The SMILES string of the molecule is O=C(c1cc(-c2ccc(F)cc2)n[nH]1)N1CCN(CC(=O)N2CCc3ccccc32)CC1. The monoisotopic (exact) mass is 433 g/mol. The summed E-state index contributed by atoms with van der Waals surface area (Å²) in [7, 11) is 0. The molecule has 0 unspecified atom stereocenters. The molecule has 0 radical (unpaired) electrons. The molecule has 7 nitrogen and oxygen atoms in total. The van der Waals surface area contributed by atoms with Crippen LogP contribution in [0.5, 0.6) is 0 Å². The number of carbonyl (C=O) groups excluding carboxylic acids is 2. The maximum atomic E-state index is 13.1. The average Bonchev–Trinajstić information content (AvgIpc) is 3.47. The molecule has 1 N–H and O–H groups in total. The second-order valence-electron chi connectivity index (χ2n) is 8.17. The van der Waals surface area contributed by atoms with Gasteiger partial charge in [0.2, 0.25) is 5.91 Å². The predicted octanol–water partition coefficient (Wildman–Crippen LogP) is 2.56. The van der Waals surface area contributed by atoms with Gasteiger partial charge in [0.25, 0.3) is 5.91 Å². The van der Waals surface area contributed by atoms with E-state index >= 15 is 0 Å². The third-order valence-corrected chi connectivity index (χ3v) is 6.15. The van der Waals surface area contributed by atoms with Gasteiger partial charge in [-0.05, 0) is 48.4 Å². The highest BCUT2D eigenvalue weighted by Gasteiger charge is 2.28. The van der Waals surface area contributed by atoms with Crippen LogP contribution in [0, 0.1) is 5.82 Å². The molecule has 1 saturated heterocycles. The van der Waals surface area contributed by atoms with Gasteiger partial charge in [0.1, 0.15) is 11.5 Å². The van der Waals surface area contributed by atoms with Crippen LogP contribution in [0.2, 0.25) is 0 Å². The molecule has 32 heavy (non-hydrogen) atoms. The number of fused-ring (bicyclic) bond motifs is 1. The summed E-state index contributed by atoms with van der Waals surface area (Å²) in [6.07, 6.45) is 0.897. The van der Waals surface area contributed by atoms with Gasteiger partial charge < -0.3 is 9.80 Å². The number of aromatic nitrogens is 2. The molecule has 0 aliphatic carbocycles. The molecule has 1 aromatic heterocycles. The molecule has 2 aromatic carbocycles. The van der Waals surface area contributed by atoms with Gasteiger partial charge >= 0.3 is 0 Å². The second-order valence-corrected chi connectivity index (χ2v) is 8.17. The van der Waals surface area contributed by atoms with Crippen molar-refractivity contribution in [2.24, 2.45) is 0 Å². The largest absolute Gasteiger partial charge is 0.335 e. The van der Waals surface area contributed by atoms with E-state index in [0.29, 0.717) is 44.1 Å². The number of hydrogen-bond acceptors (Lipinski definition) is 4. The lowest BCUT2D eigenvalue weighted by Crippen LogP contribution is -2.51. The number of para-hydroxylation sites is 1. The number of piperazine rings is 1. The van der Waals surface area contributed by atoms with Crippen molar-refractivity contribution in [1.82, 2.24) is 20.0 Å². The van der Waals surface area contributed by atoms with E-state index in [1.54, 1.807) is 23.1 Å². The topological polar surface area (TPSA) is 72.5 Å². The Morgan fingerprint density at radius 2 is 1.72 bits per heavy atom. The molecule has 3 aromatic rings. The maximum absolute atomic E-state index is 13.1. The van der Waals surface area contributed by atoms with E-state index in [0.717, 1.165) is 24.2 Å². The normalized spacial score (nSPS) is 16.3. The van der Waals surface area contributed by atoms with Gasteiger partial charge in [-0.25, -0.2) is 4.39 Å². The number of benzene rings is 2. The van der Waals surface area contributed by atoms with Gasteiger partial charge in [-0.2, -0.15) is 5.10 Å². The van der Waals surface area contributed by atoms with Crippen LogP contribution in [0.4, 0.5) is 10.1 Å². The highest BCUT2D eigenvalue weighted by atomic mass is 19.1. The van der Waals surface area contributed by atoms with Gasteiger partial charge in [0, 0.05) is 44.0 Å². The van der Waals surface area contributed by atoms with Gasteiger partial charge in [0.05, 0.1) is 12.2 Å². The highest BCUT2D eigenvalue weighted by Crippen LogP contribution is 2.27. The summed E-state index contributed by atoms with van der Waals surface area (Å²) in [5.41, 5.74) is 3.98. The Balaban J connectivity index is 1.16. The first kappa shape index (κ1) is 20.4. The molecular weight excluding hydrogens is 409 g/mol. The van der Waals surface area contributed by atoms with Crippen molar-refractivity contribution < 1.29 is 14.0 Å². The van der Waals surface area contributed by atoms with Crippen molar-refractivity contribution in [3.63, 3.8) is 0 Å². The van der Waals surface area contributed by atoms with Crippen LogP contribution in [0.1, 0.15) is 16.1 Å². The zero-order valence-electron chi connectivity index (χ0n) is 17.6. The molecule has 5 rings (SSSR count). The molecule has 2 aliphatic rings. The van der Waals surface area contributed by atoms with Crippen molar-refractivity contribution in [2.75, 3.05) is 44.2 Å². The van der Waals surface area contributed by atoms with Gasteiger partial charge in [-0.15, -0.1) is 0 Å². The summed E-state index contributed by atoms with van der Waals surface area (Å²) in [6.45, 7) is 3.47. The molecule has 0 bridgehead atoms. The molecule has 0 spiro atoms. The predicted molar refractivity (Wildman–Crippen MR) is 119 cm³/mol. The van der Waals surface area contributed by atoms with Gasteiger partial charge in [-0.3, -0.25) is 19.6 Å².